The lowest BCUT2D eigenvalue weighted by Crippen LogP contribution is -2.02. The maximum atomic E-state index is 8.93. The highest BCUT2D eigenvalue weighted by Gasteiger charge is 2.03. The second-order valence-electron chi connectivity index (χ2n) is 4.08. The minimum Gasteiger partial charge on any atom is -0.496 e. The summed E-state index contributed by atoms with van der Waals surface area (Å²) in [6.07, 6.45) is 0. The summed E-state index contributed by atoms with van der Waals surface area (Å²) in [5.74, 6) is 0.839. The molecule has 3 N–H and O–H groups in total. The normalized spacial score (nSPS) is 9.68. The minimum absolute atomic E-state index is 0.477. The van der Waals surface area contributed by atoms with E-state index in [2.05, 4.69) is 11.4 Å². The first kappa shape index (κ1) is 12.8. The second kappa shape index (κ2) is 5.78. The Balaban J connectivity index is 2.13. The summed E-state index contributed by atoms with van der Waals surface area (Å²) in [7, 11) is 1.65. The van der Waals surface area contributed by atoms with Crippen molar-refractivity contribution in [2.45, 2.75) is 6.54 Å². The van der Waals surface area contributed by atoms with Gasteiger partial charge in [-0.1, -0.05) is 18.2 Å². The van der Waals surface area contributed by atoms with Crippen molar-refractivity contribution in [3.05, 3.63) is 53.6 Å². The Kier molecular flexibility index (Phi) is 3.89. The monoisotopic (exact) mass is 253 g/mol. The van der Waals surface area contributed by atoms with Gasteiger partial charge in [0.2, 0.25) is 0 Å². The van der Waals surface area contributed by atoms with Crippen LogP contribution in [0.1, 0.15) is 11.1 Å². The summed E-state index contributed by atoms with van der Waals surface area (Å²) in [5.41, 5.74) is 8.56. The van der Waals surface area contributed by atoms with E-state index in [1.165, 1.54) is 0 Å². The number of nitrogens with one attached hydrogen (secondary N) is 1. The fraction of sp³-hybridized carbons (Fsp3) is 0.133. The van der Waals surface area contributed by atoms with E-state index in [0.29, 0.717) is 17.8 Å². The molecule has 0 radical (unpaired) electrons. The third kappa shape index (κ3) is 2.96. The molecular formula is C15H15N3O. The molecule has 0 fully saturated rings. The van der Waals surface area contributed by atoms with Crippen molar-refractivity contribution in [3.63, 3.8) is 0 Å². The Morgan fingerprint density at radius 3 is 2.79 bits per heavy atom. The molecule has 0 aliphatic rings. The van der Waals surface area contributed by atoms with Gasteiger partial charge < -0.3 is 15.8 Å². The Bertz CT molecular complexity index is 617. The number of benzene rings is 2. The van der Waals surface area contributed by atoms with Gasteiger partial charge in [0.15, 0.2) is 0 Å². The summed E-state index contributed by atoms with van der Waals surface area (Å²) in [5, 5.41) is 12.2. The van der Waals surface area contributed by atoms with Crippen molar-refractivity contribution >= 4 is 11.4 Å². The van der Waals surface area contributed by atoms with Gasteiger partial charge in [-0.05, 0) is 24.3 Å². The quantitative estimate of drug-likeness (QED) is 0.822. The molecule has 0 saturated heterocycles. The number of rotatable bonds is 4. The number of nitrogens with zero attached hydrogens (tertiary/aromatic N) is 1. The number of methoxy groups -OCH3 is 1. The van der Waals surface area contributed by atoms with Crippen LogP contribution in [0.3, 0.4) is 0 Å². The molecule has 0 saturated carbocycles. The van der Waals surface area contributed by atoms with Crippen LogP contribution < -0.4 is 15.8 Å². The Hall–Kier alpha value is -2.67. The average Bonchev–Trinajstić information content (AvgIpc) is 2.46. The van der Waals surface area contributed by atoms with Crippen LogP contribution in [0.15, 0.2) is 42.5 Å². The number of hydrogen-bond acceptors (Lipinski definition) is 4. The van der Waals surface area contributed by atoms with E-state index in [-0.39, 0.29) is 0 Å². The Labute approximate surface area is 112 Å². The average molecular weight is 253 g/mol. The third-order valence-corrected chi connectivity index (χ3v) is 2.85. The number of ether oxygens (including phenoxy) is 1. The first-order valence-corrected chi connectivity index (χ1v) is 5.90. The summed E-state index contributed by atoms with van der Waals surface area (Å²) >= 11 is 0. The summed E-state index contributed by atoms with van der Waals surface area (Å²) < 4.78 is 5.29. The minimum atomic E-state index is 0.477. The van der Waals surface area contributed by atoms with Crippen molar-refractivity contribution < 1.29 is 4.74 Å². The van der Waals surface area contributed by atoms with Gasteiger partial charge >= 0.3 is 0 Å². The van der Waals surface area contributed by atoms with Crippen molar-refractivity contribution in [1.29, 1.82) is 5.26 Å². The molecule has 0 aliphatic heterocycles. The van der Waals surface area contributed by atoms with Crippen LogP contribution in [0, 0.1) is 11.3 Å². The molecule has 0 unspecified atom stereocenters. The highest BCUT2D eigenvalue weighted by atomic mass is 16.5. The fourth-order valence-corrected chi connectivity index (χ4v) is 1.81. The van der Waals surface area contributed by atoms with Crippen molar-refractivity contribution in [1.82, 2.24) is 0 Å². The fourth-order valence-electron chi connectivity index (χ4n) is 1.81. The van der Waals surface area contributed by atoms with E-state index in [1.807, 2.05) is 30.3 Å². The molecule has 2 aromatic carbocycles. The van der Waals surface area contributed by atoms with Crippen LogP contribution in [0.5, 0.6) is 5.75 Å². The number of anilines is 2. The van der Waals surface area contributed by atoms with E-state index in [0.717, 1.165) is 17.0 Å². The molecule has 0 aliphatic carbocycles. The molecule has 2 rings (SSSR count). The van der Waals surface area contributed by atoms with E-state index in [4.69, 9.17) is 15.7 Å². The van der Waals surface area contributed by atoms with Gasteiger partial charge in [0.05, 0.1) is 12.7 Å². The zero-order valence-electron chi connectivity index (χ0n) is 10.7. The lowest BCUT2D eigenvalue weighted by atomic mass is 10.1. The predicted octanol–water partition coefficient (Wildman–Crippen LogP) is 2.76. The highest BCUT2D eigenvalue weighted by Crippen LogP contribution is 2.21. The van der Waals surface area contributed by atoms with E-state index >= 15 is 0 Å². The van der Waals surface area contributed by atoms with Crippen molar-refractivity contribution in [3.8, 4) is 11.8 Å². The van der Waals surface area contributed by atoms with E-state index < -0.39 is 0 Å². The molecule has 0 aromatic heterocycles. The zero-order valence-corrected chi connectivity index (χ0v) is 10.7. The summed E-state index contributed by atoms with van der Waals surface area (Å²) in [4.78, 5) is 0. The van der Waals surface area contributed by atoms with Gasteiger partial charge in [-0.2, -0.15) is 5.26 Å². The van der Waals surface area contributed by atoms with Crippen molar-refractivity contribution in [2.24, 2.45) is 0 Å². The van der Waals surface area contributed by atoms with E-state index in [9.17, 15) is 0 Å². The number of nitrogens with two attached hydrogens (primary N) is 1. The molecule has 0 atom stereocenters. The van der Waals surface area contributed by atoms with E-state index in [1.54, 1.807) is 19.2 Å². The smallest absolute Gasteiger partial charge is 0.123 e. The SMILES string of the molecule is COc1ccccc1CNc1ccc(N)c(C#N)c1. The van der Waals surface area contributed by atoms with Crippen LogP contribution in [0.2, 0.25) is 0 Å². The summed E-state index contributed by atoms with van der Waals surface area (Å²) in [6, 6.07) is 15.2. The lowest BCUT2D eigenvalue weighted by molar-refractivity contribution is 0.410. The molecule has 0 spiro atoms. The number of para-hydroxylation sites is 1. The largest absolute Gasteiger partial charge is 0.496 e. The van der Waals surface area contributed by atoms with Gasteiger partial charge in [0.1, 0.15) is 11.8 Å². The van der Waals surface area contributed by atoms with Gasteiger partial charge in [-0.25, -0.2) is 0 Å². The predicted molar refractivity (Wildman–Crippen MR) is 75.9 cm³/mol. The molecule has 0 heterocycles. The second-order valence-corrected chi connectivity index (χ2v) is 4.08. The number of nitriles is 1. The zero-order chi connectivity index (χ0) is 13.7. The first-order chi connectivity index (χ1) is 9.24. The Morgan fingerprint density at radius 1 is 1.26 bits per heavy atom. The highest BCUT2D eigenvalue weighted by molar-refractivity contribution is 5.62. The molecule has 4 nitrogen and oxygen atoms in total. The number of hydrogen-bond donors (Lipinski definition) is 2. The van der Waals surface area contributed by atoms with Gasteiger partial charge in [0.25, 0.3) is 0 Å². The molecular weight excluding hydrogens is 238 g/mol. The van der Waals surface area contributed by atoms with Gasteiger partial charge in [-0.15, -0.1) is 0 Å². The lowest BCUT2D eigenvalue weighted by Gasteiger charge is -2.11. The Morgan fingerprint density at radius 2 is 2.05 bits per heavy atom. The van der Waals surface area contributed by atoms with Crippen LogP contribution in [-0.4, -0.2) is 7.11 Å². The maximum absolute atomic E-state index is 8.93. The van der Waals surface area contributed by atoms with Gasteiger partial charge in [0, 0.05) is 23.5 Å². The van der Waals surface area contributed by atoms with Crippen LogP contribution >= 0.6 is 0 Å². The van der Waals surface area contributed by atoms with Crippen LogP contribution in [0.4, 0.5) is 11.4 Å². The van der Waals surface area contributed by atoms with Crippen LogP contribution in [0.25, 0.3) is 0 Å². The standard InChI is InChI=1S/C15H15N3O/c1-19-15-5-3-2-4-11(15)10-18-13-6-7-14(17)12(8-13)9-16/h2-8,18H,10,17H2,1H3. The maximum Gasteiger partial charge on any atom is 0.123 e. The molecule has 96 valence electrons. The van der Waals surface area contributed by atoms with Gasteiger partial charge in [-0.3, -0.25) is 0 Å². The first-order valence-electron chi connectivity index (χ1n) is 5.90. The molecule has 0 amide bonds. The number of nitrogen functional groups attached to an aromatic ring is 1. The molecule has 2 aromatic rings. The molecule has 0 bridgehead atoms. The molecule has 4 heteroatoms. The van der Waals surface area contributed by atoms with Crippen LogP contribution in [-0.2, 0) is 6.54 Å². The topological polar surface area (TPSA) is 71.1 Å². The summed E-state index contributed by atoms with van der Waals surface area (Å²) in [6.45, 7) is 0.624. The molecule has 19 heavy (non-hydrogen) atoms. The third-order valence-electron chi connectivity index (χ3n) is 2.85. The van der Waals surface area contributed by atoms with Crippen molar-refractivity contribution in [2.75, 3.05) is 18.2 Å².